The maximum absolute atomic E-state index is 14.0. The van der Waals surface area contributed by atoms with Gasteiger partial charge in [-0.1, -0.05) is 0 Å². The number of nitrogens with zero attached hydrogens (tertiary/aromatic N) is 1. The minimum absolute atomic E-state index is 0.121. The Morgan fingerprint density at radius 3 is 3.05 bits per heavy atom. The first-order chi connectivity index (χ1) is 9.08. The molecule has 2 unspecified atom stereocenters. The molecule has 6 heteroatoms. The topological polar surface area (TPSA) is 70.4 Å². The lowest BCUT2D eigenvalue weighted by atomic mass is 10.0. The molecular weight excluding hydrogens is 247 g/mol. The fourth-order valence-corrected chi connectivity index (χ4v) is 2.79. The average molecular weight is 264 g/mol. The molecule has 4 N–H and O–H groups in total. The van der Waals surface area contributed by atoms with Gasteiger partial charge in [-0.25, -0.2) is 4.39 Å². The Hall–Kier alpha value is -1.66. The number of anilines is 1. The van der Waals surface area contributed by atoms with E-state index in [1.165, 1.54) is 6.07 Å². The lowest BCUT2D eigenvalue weighted by Gasteiger charge is -2.40. The highest BCUT2D eigenvalue weighted by Crippen LogP contribution is 2.30. The van der Waals surface area contributed by atoms with E-state index in [-0.39, 0.29) is 23.7 Å². The van der Waals surface area contributed by atoms with E-state index in [9.17, 15) is 9.18 Å². The van der Waals surface area contributed by atoms with E-state index in [1.807, 2.05) is 17.9 Å². The number of rotatable bonds is 0. The minimum Gasteiger partial charge on any atom is -0.348 e. The number of halogens is 1. The zero-order chi connectivity index (χ0) is 13.6. The predicted octanol–water partition coefficient (Wildman–Crippen LogP) is -0.0595. The highest BCUT2D eigenvalue weighted by atomic mass is 19.1. The van der Waals surface area contributed by atoms with Crippen LogP contribution in [-0.4, -0.2) is 37.7 Å². The fourth-order valence-electron chi connectivity index (χ4n) is 2.79. The lowest BCUT2D eigenvalue weighted by molar-refractivity contribution is 0.0917. The van der Waals surface area contributed by atoms with Crippen LogP contribution < -0.4 is 21.3 Å². The molecule has 2 aliphatic heterocycles. The molecule has 1 saturated heterocycles. The van der Waals surface area contributed by atoms with Gasteiger partial charge in [0.25, 0.3) is 5.91 Å². The number of nitrogens with one attached hydrogen (secondary N) is 2. The normalized spacial score (nSPS) is 26.3. The SMILES string of the molecule is Cc1cc(F)c2c(c1)N1CCNCC(N)C1NC2=O. The molecule has 0 saturated carbocycles. The Labute approximate surface area is 111 Å². The summed E-state index contributed by atoms with van der Waals surface area (Å²) in [6, 6.07) is 3.01. The van der Waals surface area contributed by atoms with Gasteiger partial charge >= 0.3 is 0 Å². The van der Waals surface area contributed by atoms with E-state index in [0.717, 1.165) is 12.1 Å². The summed E-state index contributed by atoms with van der Waals surface area (Å²) in [6.45, 7) is 3.90. The average Bonchev–Trinajstić information content (AvgIpc) is 2.51. The van der Waals surface area contributed by atoms with Gasteiger partial charge in [0.15, 0.2) is 0 Å². The number of amides is 1. The molecule has 2 aliphatic rings. The lowest BCUT2D eigenvalue weighted by Crippen LogP contribution is -2.61. The standard InChI is InChI=1S/C13H17FN4O/c1-7-4-8(14)11-10(5-7)18-3-2-16-6-9(15)12(18)17-13(11)19/h4-5,9,12,16H,2-3,6,15H2,1H3,(H,17,19). The van der Waals surface area contributed by atoms with Crippen molar-refractivity contribution in [1.82, 2.24) is 10.6 Å². The largest absolute Gasteiger partial charge is 0.348 e. The first kappa shape index (κ1) is 12.4. The summed E-state index contributed by atoms with van der Waals surface area (Å²) < 4.78 is 14.0. The third-order valence-electron chi connectivity index (χ3n) is 3.68. The molecule has 2 heterocycles. The van der Waals surface area contributed by atoms with Gasteiger partial charge in [0.05, 0.1) is 17.3 Å². The molecule has 102 valence electrons. The maximum atomic E-state index is 14.0. The molecule has 0 bridgehead atoms. The first-order valence-corrected chi connectivity index (χ1v) is 6.42. The van der Waals surface area contributed by atoms with Crippen molar-refractivity contribution in [2.45, 2.75) is 19.1 Å². The molecule has 0 aliphatic carbocycles. The van der Waals surface area contributed by atoms with Crippen LogP contribution in [0.1, 0.15) is 15.9 Å². The van der Waals surface area contributed by atoms with Crippen LogP contribution >= 0.6 is 0 Å². The molecule has 1 aromatic carbocycles. The summed E-state index contributed by atoms with van der Waals surface area (Å²) in [6.07, 6.45) is -0.281. The van der Waals surface area contributed by atoms with Crippen molar-refractivity contribution in [2.75, 3.05) is 24.5 Å². The monoisotopic (exact) mass is 264 g/mol. The summed E-state index contributed by atoms with van der Waals surface area (Å²) in [5.74, 6) is -0.858. The first-order valence-electron chi connectivity index (χ1n) is 6.42. The quantitative estimate of drug-likeness (QED) is 0.614. The van der Waals surface area contributed by atoms with Crippen molar-refractivity contribution in [1.29, 1.82) is 0 Å². The Morgan fingerprint density at radius 1 is 1.47 bits per heavy atom. The van der Waals surface area contributed by atoms with Crippen LogP contribution in [-0.2, 0) is 0 Å². The number of fused-ring (bicyclic) bond motifs is 3. The zero-order valence-corrected chi connectivity index (χ0v) is 10.7. The van der Waals surface area contributed by atoms with Gasteiger partial charge in [0.1, 0.15) is 12.0 Å². The van der Waals surface area contributed by atoms with E-state index in [0.29, 0.717) is 18.8 Å². The van der Waals surface area contributed by atoms with Crippen LogP contribution in [0.2, 0.25) is 0 Å². The van der Waals surface area contributed by atoms with Crippen molar-refractivity contribution in [3.05, 3.63) is 29.1 Å². The Morgan fingerprint density at radius 2 is 2.26 bits per heavy atom. The second-order valence-corrected chi connectivity index (χ2v) is 5.12. The van der Waals surface area contributed by atoms with E-state index in [1.54, 1.807) is 0 Å². The molecule has 1 aromatic rings. The zero-order valence-electron chi connectivity index (χ0n) is 10.7. The third-order valence-corrected chi connectivity index (χ3v) is 3.68. The van der Waals surface area contributed by atoms with Crippen molar-refractivity contribution in [3.8, 4) is 0 Å². The van der Waals surface area contributed by atoms with Crippen LogP contribution in [0.4, 0.5) is 10.1 Å². The second kappa shape index (κ2) is 4.47. The van der Waals surface area contributed by atoms with Crippen LogP contribution in [0.5, 0.6) is 0 Å². The Bertz CT molecular complexity index is 534. The highest BCUT2D eigenvalue weighted by molar-refractivity contribution is 6.02. The molecule has 2 atom stereocenters. The van der Waals surface area contributed by atoms with Crippen molar-refractivity contribution < 1.29 is 9.18 Å². The van der Waals surface area contributed by atoms with Crippen molar-refractivity contribution in [2.24, 2.45) is 5.73 Å². The molecule has 1 fully saturated rings. The number of aryl methyl sites for hydroxylation is 1. The molecular formula is C13H17FN4O. The van der Waals surface area contributed by atoms with Gasteiger partial charge in [-0.3, -0.25) is 4.79 Å². The number of hydrogen-bond donors (Lipinski definition) is 3. The summed E-state index contributed by atoms with van der Waals surface area (Å²) in [5, 5.41) is 6.02. The number of benzene rings is 1. The van der Waals surface area contributed by atoms with Gasteiger partial charge in [-0.05, 0) is 24.6 Å². The molecule has 1 amide bonds. The van der Waals surface area contributed by atoms with Crippen LogP contribution in [0, 0.1) is 12.7 Å². The van der Waals surface area contributed by atoms with Gasteiger partial charge < -0.3 is 21.3 Å². The predicted molar refractivity (Wildman–Crippen MR) is 70.6 cm³/mol. The molecule has 3 rings (SSSR count). The fraction of sp³-hybridized carbons (Fsp3) is 0.462. The van der Waals surface area contributed by atoms with E-state index >= 15 is 0 Å². The summed E-state index contributed by atoms with van der Waals surface area (Å²) in [4.78, 5) is 14.1. The van der Waals surface area contributed by atoms with E-state index in [2.05, 4.69) is 10.6 Å². The van der Waals surface area contributed by atoms with Gasteiger partial charge in [-0.15, -0.1) is 0 Å². The van der Waals surface area contributed by atoms with E-state index < -0.39 is 5.82 Å². The van der Waals surface area contributed by atoms with Gasteiger partial charge in [-0.2, -0.15) is 0 Å². The molecule has 0 radical (unpaired) electrons. The molecule has 5 nitrogen and oxygen atoms in total. The van der Waals surface area contributed by atoms with Crippen LogP contribution in [0.15, 0.2) is 12.1 Å². The highest BCUT2D eigenvalue weighted by Gasteiger charge is 2.37. The second-order valence-electron chi connectivity index (χ2n) is 5.12. The van der Waals surface area contributed by atoms with Crippen LogP contribution in [0.25, 0.3) is 0 Å². The van der Waals surface area contributed by atoms with Gasteiger partial charge in [0.2, 0.25) is 0 Å². The smallest absolute Gasteiger partial charge is 0.258 e. The van der Waals surface area contributed by atoms with Crippen molar-refractivity contribution >= 4 is 11.6 Å². The van der Waals surface area contributed by atoms with Crippen LogP contribution in [0.3, 0.4) is 0 Å². The summed E-state index contributed by atoms with van der Waals surface area (Å²) >= 11 is 0. The number of nitrogens with two attached hydrogens (primary N) is 1. The summed E-state index contributed by atoms with van der Waals surface area (Å²) in [5.41, 5.74) is 7.64. The maximum Gasteiger partial charge on any atom is 0.258 e. The molecule has 19 heavy (non-hydrogen) atoms. The third kappa shape index (κ3) is 1.97. The summed E-state index contributed by atoms with van der Waals surface area (Å²) in [7, 11) is 0. The molecule has 0 spiro atoms. The number of carbonyl (C=O) groups is 1. The number of carbonyl (C=O) groups excluding carboxylic acids is 1. The van der Waals surface area contributed by atoms with Gasteiger partial charge in [0, 0.05) is 19.6 Å². The van der Waals surface area contributed by atoms with E-state index in [4.69, 9.17) is 5.73 Å². The van der Waals surface area contributed by atoms with Crippen molar-refractivity contribution in [3.63, 3.8) is 0 Å². The number of hydrogen-bond acceptors (Lipinski definition) is 4. The minimum atomic E-state index is -0.475. The Balaban J connectivity index is 2.13. The Kier molecular flexibility index (Phi) is 2.91. The molecule has 0 aromatic heterocycles.